The van der Waals surface area contributed by atoms with E-state index in [1.54, 1.807) is 0 Å². The SMILES string of the molecule is NCC1Cn2c(nc3ccccc32)CO1. The van der Waals surface area contributed by atoms with Gasteiger partial charge in [0, 0.05) is 6.54 Å². The molecular formula is C11H13N3O. The van der Waals surface area contributed by atoms with Crippen LogP contribution in [0, 0.1) is 0 Å². The van der Waals surface area contributed by atoms with Crippen molar-refractivity contribution >= 4 is 11.0 Å². The Bertz CT molecular complexity index is 492. The Morgan fingerprint density at radius 3 is 3.20 bits per heavy atom. The minimum atomic E-state index is 0.120. The van der Waals surface area contributed by atoms with Crippen molar-refractivity contribution in [2.24, 2.45) is 5.73 Å². The zero-order chi connectivity index (χ0) is 10.3. The third-order valence-electron chi connectivity index (χ3n) is 2.83. The Balaban J connectivity index is 2.14. The maximum atomic E-state index is 5.61. The Kier molecular flexibility index (Phi) is 1.97. The van der Waals surface area contributed by atoms with Gasteiger partial charge in [-0.1, -0.05) is 12.1 Å². The fourth-order valence-corrected chi connectivity index (χ4v) is 2.03. The second-order valence-electron chi connectivity index (χ2n) is 3.80. The fourth-order valence-electron chi connectivity index (χ4n) is 2.03. The van der Waals surface area contributed by atoms with Gasteiger partial charge in [-0.3, -0.25) is 0 Å². The van der Waals surface area contributed by atoms with E-state index in [0.29, 0.717) is 13.2 Å². The van der Waals surface area contributed by atoms with Gasteiger partial charge in [0.1, 0.15) is 12.4 Å². The summed E-state index contributed by atoms with van der Waals surface area (Å²) in [4.78, 5) is 4.52. The number of imidazole rings is 1. The summed E-state index contributed by atoms with van der Waals surface area (Å²) in [5, 5.41) is 0. The molecule has 1 atom stereocenters. The van der Waals surface area contributed by atoms with Gasteiger partial charge in [-0.2, -0.15) is 0 Å². The summed E-state index contributed by atoms with van der Waals surface area (Å²) in [5.74, 6) is 1.00. The molecule has 0 amide bonds. The van der Waals surface area contributed by atoms with E-state index >= 15 is 0 Å². The van der Waals surface area contributed by atoms with Crippen LogP contribution >= 0.6 is 0 Å². The largest absolute Gasteiger partial charge is 0.367 e. The predicted molar refractivity (Wildman–Crippen MR) is 57.4 cm³/mol. The van der Waals surface area contributed by atoms with Crippen LogP contribution in [0.3, 0.4) is 0 Å². The first-order chi connectivity index (χ1) is 7.38. The van der Waals surface area contributed by atoms with Crippen LogP contribution in [0.2, 0.25) is 0 Å². The third kappa shape index (κ3) is 1.33. The van der Waals surface area contributed by atoms with Crippen LogP contribution < -0.4 is 5.73 Å². The Labute approximate surface area is 87.7 Å². The van der Waals surface area contributed by atoms with E-state index in [1.807, 2.05) is 18.2 Å². The maximum absolute atomic E-state index is 5.61. The average Bonchev–Trinajstić information content (AvgIpc) is 2.66. The van der Waals surface area contributed by atoms with E-state index < -0.39 is 0 Å². The van der Waals surface area contributed by atoms with Crippen LogP contribution in [0.5, 0.6) is 0 Å². The molecule has 1 aliphatic rings. The van der Waals surface area contributed by atoms with Gasteiger partial charge >= 0.3 is 0 Å². The third-order valence-corrected chi connectivity index (χ3v) is 2.83. The molecule has 3 rings (SSSR count). The molecule has 0 spiro atoms. The highest BCUT2D eigenvalue weighted by Gasteiger charge is 2.20. The van der Waals surface area contributed by atoms with Gasteiger partial charge in [0.2, 0.25) is 0 Å². The van der Waals surface area contributed by atoms with Gasteiger partial charge in [0.25, 0.3) is 0 Å². The van der Waals surface area contributed by atoms with Gasteiger partial charge in [-0.05, 0) is 12.1 Å². The van der Waals surface area contributed by atoms with Crippen molar-refractivity contribution in [3.63, 3.8) is 0 Å². The molecule has 2 N–H and O–H groups in total. The summed E-state index contributed by atoms with van der Waals surface area (Å²) in [6.45, 7) is 1.94. The molecule has 0 saturated carbocycles. The molecular weight excluding hydrogens is 190 g/mol. The van der Waals surface area contributed by atoms with E-state index in [2.05, 4.69) is 15.6 Å². The molecule has 0 aliphatic carbocycles. The van der Waals surface area contributed by atoms with Crippen LogP contribution in [0.4, 0.5) is 0 Å². The zero-order valence-electron chi connectivity index (χ0n) is 8.39. The molecule has 1 aromatic heterocycles. The number of hydrogen-bond acceptors (Lipinski definition) is 3. The Morgan fingerprint density at radius 2 is 2.33 bits per heavy atom. The van der Waals surface area contributed by atoms with Gasteiger partial charge < -0.3 is 15.0 Å². The first-order valence-corrected chi connectivity index (χ1v) is 5.14. The maximum Gasteiger partial charge on any atom is 0.136 e. The van der Waals surface area contributed by atoms with E-state index in [9.17, 15) is 0 Å². The molecule has 0 radical (unpaired) electrons. The number of nitrogens with zero attached hydrogens (tertiary/aromatic N) is 2. The molecule has 15 heavy (non-hydrogen) atoms. The van der Waals surface area contributed by atoms with E-state index in [0.717, 1.165) is 17.9 Å². The number of aromatic nitrogens is 2. The highest BCUT2D eigenvalue weighted by atomic mass is 16.5. The standard InChI is InChI=1S/C11H13N3O/c12-5-8-6-14-10-4-2-1-3-9(10)13-11(14)7-15-8/h1-4,8H,5-7,12H2. The molecule has 1 aromatic carbocycles. The first kappa shape index (κ1) is 8.88. The monoisotopic (exact) mass is 203 g/mol. The Morgan fingerprint density at radius 1 is 1.47 bits per heavy atom. The molecule has 0 bridgehead atoms. The molecule has 4 heteroatoms. The van der Waals surface area contributed by atoms with Crippen LogP contribution in [0.25, 0.3) is 11.0 Å². The lowest BCUT2D eigenvalue weighted by molar-refractivity contribution is 0.00920. The molecule has 1 unspecified atom stereocenters. The average molecular weight is 203 g/mol. The fraction of sp³-hybridized carbons (Fsp3) is 0.364. The highest BCUT2D eigenvalue weighted by Crippen LogP contribution is 2.21. The van der Waals surface area contributed by atoms with Crippen LogP contribution in [-0.2, 0) is 17.9 Å². The number of rotatable bonds is 1. The number of hydrogen-bond donors (Lipinski definition) is 1. The summed E-state index contributed by atoms with van der Waals surface area (Å²) in [5.41, 5.74) is 7.83. The van der Waals surface area contributed by atoms with Crippen molar-refractivity contribution in [3.8, 4) is 0 Å². The summed E-state index contributed by atoms with van der Waals surface area (Å²) in [6.07, 6.45) is 0.120. The van der Waals surface area contributed by atoms with Gasteiger partial charge in [-0.25, -0.2) is 4.98 Å². The van der Waals surface area contributed by atoms with Gasteiger partial charge in [0.15, 0.2) is 0 Å². The van der Waals surface area contributed by atoms with Crippen LogP contribution in [-0.4, -0.2) is 22.2 Å². The number of fused-ring (bicyclic) bond motifs is 3. The molecule has 0 fully saturated rings. The van der Waals surface area contributed by atoms with Crippen LogP contribution in [0.1, 0.15) is 5.82 Å². The van der Waals surface area contributed by atoms with E-state index in [4.69, 9.17) is 10.5 Å². The molecule has 2 aromatic rings. The normalized spacial score (nSPS) is 20.5. The minimum absolute atomic E-state index is 0.120. The highest BCUT2D eigenvalue weighted by molar-refractivity contribution is 5.75. The van der Waals surface area contributed by atoms with Crippen molar-refractivity contribution in [1.29, 1.82) is 0 Å². The summed E-state index contributed by atoms with van der Waals surface area (Å²) < 4.78 is 7.78. The second-order valence-corrected chi connectivity index (χ2v) is 3.80. The van der Waals surface area contributed by atoms with Crippen molar-refractivity contribution < 1.29 is 4.74 Å². The van der Waals surface area contributed by atoms with Crippen molar-refractivity contribution in [2.75, 3.05) is 6.54 Å². The zero-order valence-corrected chi connectivity index (χ0v) is 8.39. The smallest absolute Gasteiger partial charge is 0.136 e. The van der Waals surface area contributed by atoms with Crippen molar-refractivity contribution in [2.45, 2.75) is 19.3 Å². The number of nitrogens with two attached hydrogens (primary N) is 1. The molecule has 1 aliphatic heterocycles. The lowest BCUT2D eigenvalue weighted by atomic mass is 10.3. The number of para-hydroxylation sites is 2. The van der Waals surface area contributed by atoms with E-state index in [1.165, 1.54) is 5.52 Å². The molecule has 0 saturated heterocycles. The Hall–Kier alpha value is -1.39. The molecule has 2 heterocycles. The number of ether oxygens (including phenoxy) is 1. The predicted octanol–water partition coefficient (Wildman–Crippen LogP) is 0.894. The first-order valence-electron chi connectivity index (χ1n) is 5.14. The topological polar surface area (TPSA) is 53.1 Å². The summed E-state index contributed by atoms with van der Waals surface area (Å²) in [6, 6.07) is 8.15. The lowest BCUT2D eigenvalue weighted by Gasteiger charge is -2.23. The van der Waals surface area contributed by atoms with Crippen LogP contribution in [0.15, 0.2) is 24.3 Å². The minimum Gasteiger partial charge on any atom is -0.367 e. The quantitative estimate of drug-likeness (QED) is 0.749. The van der Waals surface area contributed by atoms with Crippen molar-refractivity contribution in [1.82, 2.24) is 9.55 Å². The summed E-state index contributed by atoms with van der Waals surface area (Å²) in [7, 11) is 0. The molecule has 78 valence electrons. The van der Waals surface area contributed by atoms with Crippen molar-refractivity contribution in [3.05, 3.63) is 30.1 Å². The lowest BCUT2D eigenvalue weighted by Crippen LogP contribution is -2.33. The van der Waals surface area contributed by atoms with Gasteiger partial charge in [-0.15, -0.1) is 0 Å². The number of benzene rings is 1. The molecule has 4 nitrogen and oxygen atoms in total. The summed E-state index contributed by atoms with van der Waals surface area (Å²) >= 11 is 0. The second kappa shape index (κ2) is 3.32. The van der Waals surface area contributed by atoms with Gasteiger partial charge in [0.05, 0.1) is 23.7 Å². The van der Waals surface area contributed by atoms with E-state index in [-0.39, 0.29) is 6.10 Å².